The molecule has 0 aliphatic heterocycles. The monoisotopic (exact) mass is 626 g/mol. The highest BCUT2D eigenvalue weighted by Crippen LogP contribution is 2.27. The van der Waals surface area contributed by atoms with Crippen LogP contribution in [0.5, 0.6) is 0 Å². The van der Waals surface area contributed by atoms with Crippen LogP contribution in [0.4, 0.5) is 4.79 Å². The molecule has 9 nitrogen and oxygen atoms in total. The zero-order chi connectivity index (χ0) is 33.9. The third-order valence-electron chi connectivity index (χ3n) is 6.54. The van der Waals surface area contributed by atoms with Gasteiger partial charge in [0.15, 0.2) is 0 Å². The Bertz CT molecular complexity index is 1600. The predicted molar refractivity (Wildman–Crippen MR) is 179 cm³/mol. The van der Waals surface area contributed by atoms with Gasteiger partial charge in [0.2, 0.25) is 5.91 Å². The molecule has 0 aliphatic rings. The lowest BCUT2D eigenvalue weighted by Crippen LogP contribution is -2.49. The fraction of sp³-hybridized carbons (Fsp3) is 0.297. The van der Waals surface area contributed by atoms with E-state index in [2.05, 4.69) is 10.6 Å². The Morgan fingerprint density at radius 3 is 1.93 bits per heavy atom. The number of carbonyl (C=O) groups is 4. The molecular formula is C37H42N2O7. The molecule has 0 saturated carbocycles. The summed E-state index contributed by atoms with van der Waals surface area (Å²) >= 11 is 0. The number of benzene rings is 3. The number of carboxylic acid groups (broad SMARTS) is 1. The van der Waals surface area contributed by atoms with Crippen LogP contribution in [0.3, 0.4) is 0 Å². The Hall–Kier alpha value is -5.18. The first-order chi connectivity index (χ1) is 21.7. The van der Waals surface area contributed by atoms with E-state index < -0.39 is 35.6 Å². The fourth-order valence-corrected chi connectivity index (χ4v) is 4.53. The number of hydrogen-bond acceptors (Lipinski definition) is 6. The number of ether oxygens (including phenoxy) is 2. The smallest absolute Gasteiger partial charge is 0.408 e. The van der Waals surface area contributed by atoms with E-state index >= 15 is 0 Å². The lowest BCUT2D eigenvalue weighted by atomic mass is 9.98. The number of aliphatic carboxylic acids is 1. The molecule has 46 heavy (non-hydrogen) atoms. The van der Waals surface area contributed by atoms with Crippen molar-refractivity contribution in [2.45, 2.75) is 59.6 Å². The summed E-state index contributed by atoms with van der Waals surface area (Å²) in [4.78, 5) is 49.3. The standard InChI is InChI=1S/C37H42N2O7/c1-7-45-33(40)19-14-25-10-8-12-29(21-25)27-15-17-28(18-16-27)30-13-9-11-26(22-30)23-32(35(42)43)38-34(41)31(20-24(2)3)39-36(44)46-37(4,5)6/h8-19,21-24,31H,7,20H2,1-6H3,(H,38,41)(H,39,44)(H,42,43)/b19-14+,32-23+/t31-/m0/s1. The lowest BCUT2D eigenvalue weighted by molar-refractivity contribution is -0.137. The highest BCUT2D eigenvalue weighted by molar-refractivity contribution is 5.99. The molecule has 0 fully saturated rings. The summed E-state index contributed by atoms with van der Waals surface area (Å²) in [6, 6.07) is 22.0. The summed E-state index contributed by atoms with van der Waals surface area (Å²) in [5.74, 6) is -2.32. The van der Waals surface area contributed by atoms with Gasteiger partial charge in [-0.25, -0.2) is 14.4 Å². The van der Waals surface area contributed by atoms with E-state index in [1.54, 1.807) is 45.9 Å². The Labute approximate surface area is 270 Å². The van der Waals surface area contributed by atoms with Gasteiger partial charge in [0.25, 0.3) is 0 Å². The van der Waals surface area contributed by atoms with Gasteiger partial charge < -0.3 is 25.2 Å². The molecule has 1 atom stereocenters. The van der Waals surface area contributed by atoms with Gasteiger partial charge in [0.1, 0.15) is 17.3 Å². The van der Waals surface area contributed by atoms with Crippen molar-refractivity contribution in [2.75, 3.05) is 6.61 Å². The van der Waals surface area contributed by atoms with Crippen molar-refractivity contribution in [1.29, 1.82) is 0 Å². The molecule has 0 heterocycles. The maximum Gasteiger partial charge on any atom is 0.408 e. The Balaban J connectivity index is 1.79. The Kier molecular flexibility index (Phi) is 12.4. The van der Waals surface area contributed by atoms with E-state index in [9.17, 15) is 24.3 Å². The predicted octanol–water partition coefficient (Wildman–Crippen LogP) is 7.08. The molecule has 242 valence electrons. The van der Waals surface area contributed by atoms with E-state index in [4.69, 9.17) is 9.47 Å². The number of nitrogens with one attached hydrogen (secondary N) is 2. The number of esters is 1. The minimum atomic E-state index is -1.32. The molecule has 0 aliphatic carbocycles. The zero-order valence-electron chi connectivity index (χ0n) is 27.1. The number of amides is 2. The molecular weight excluding hydrogens is 584 g/mol. The molecule has 0 radical (unpaired) electrons. The van der Waals surface area contributed by atoms with E-state index in [1.807, 2.05) is 74.5 Å². The van der Waals surface area contributed by atoms with Crippen LogP contribution in [0, 0.1) is 5.92 Å². The lowest BCUT2D eigenvalue weighted by Gasteiger charge is -2.24. The molecule has 0 spiro atoms. The first kappa shape index (κ1) is 35.3. The van der Waals surface area contributed by atoms with E-state index in [0.29, 0.717) is 12.2 Å². The van der Waals surface area contributed by atoms with Gasteiger partial charge in [-0.2, -0.15) is 0 Å². The third kappa shape index (κ3) is 11.4. The van der Waals surface area contributed by atoms with Crippen LogP contribution < -0.4 is 10.6 Å². The number of carbonyl (C=O) groups excluding carboxylic acids is 3. The molecule has 0 bridgehead atoms. The van der Waals surface area contributed by atoms with Crippen LogP contribution in [-0.4, -0.2) is 47.3 Å². The van der Waals surface area contributed by atoms with Gasteiger partial charge in [-0.15, -0.1) is 0 Å². The van der Waals surface area contributed by atoms with Crippen LogP contribution in [0.15, 0.2) is 84.6 Å². The second kappa shape index (κ2) is 16.2. The summed E-state index contributed by atoms with van der Waals surface area (Å²) in [6.45, 7) is 11.0. The number of hydrogen-bond donors (Lipinski definition) is 3. The summed E-state index contributed by atoms with van der Waals surface area (Å²) in [5, 5.41) is 14.9. The molecule has 9 heteroatoms. The average molecular weight is 627 g/mol. The highest BCUT2D eigenvalue weighted by atomic mass is 16.6. The molecule has 0 aromatic heterocycles. The molecule has 3 N–H and O–H groups in total. The SMILES string of the molecule is CCOC(=O)/C=C/c1cccc(-c2ccc(-c3cccc(/C=C(/NC(=O)[C@H](CC(C)C)NC(=O)OC(C)(C)C)C(=O)O)c3)cc2)c1. The molecule has 3 aromatic rings. The van der Waals surface area contributed by atoms with Gasteiger partial charge in [0.05, 0.1) is 6.61 Å². The van der Waals surface area contributed by atoms with Crippen molar-refractivity contribution in [1.82, 2.24) is 10.6 Å². The van der Waals surface area contributed by atoms with E-state index in [1.165, 1.54) is 12.2 Å². The molecule has 3 rings (SSSR count). The summed E-state index contributed by atoms with van der Waals surface area (Å²) in [6.07, 6.45) is 4.03. The maximum absolute atomic E-state index is 13.1. The van der Waals surface area contributed by atoms with Crippen LogP contribution in [-0.2, 0) is 23.9 Å². The topological polar surface area (TPSA) is 131 Å². The maximum atomic E-state index is 13.1. The van der Waals surface area contributed by atoms with Gasteiger partial charge in [-0.1, -0.05) is 74.5 Å². The molecule has 2 amide bonds. The minimum Gasteiger partial charge on any atom is -0.477 e. The van der Waals surface area contributed by atoms with Crippen molar-refractivity contribution in [3.8, 4) is 22.3 Å². The van der Waals surface area contributed by atoms with Crippen molar-refractivity contribution in [3.63, 3.8) is 0 Å². The first-order valence-corrected chi connectivity index (χ1v) is 15.1. The van der Waals surface area contributed by atoms with Crippen LogP contribution in [0.2, 0.25) is 0 Å². The second-order valence-electron chi connectivity index (χ2n) is 12.1. The normalized spacial score (nSPS) is 12.5. The van der Waals surface area contributed by atoms with Crippen LogP contribution in [0.25, 0.3) is 34.4 Å². The zero-order valence-corrected chi connectivity index (χ0v) is 27.1. The quantitative estimate of drug-likeness (QED) is 0.145. The summed E-state index contributed by atoms with van der Waals surface area (Å²) in [7, 11) is 0. The van der Waals surface area contributed by atoms with Crippen molar-refractivity contribution in [3.05, 3.63) is 95.7 Å². The number of alkyl carbamates (subject to hydrolysis) is 1. The molecule has 0 saturated heterocycles. The first-order valence-electron chi connectivity index (χ1n) is 15.1. The Morgan fingerprint density at radius 2 is 1.41 bits per heavy atom. The van der Waals surface area contributed by atoms with Crippen LogP contribution >= 0.6 is 0 Å². The highest BCUT2D eigenvalue weighted by Gasteiger charge is 2.26. The summed E-state index contributed by atoms with van der Waals surface area (Å²) in [5.41, 5.74) is 4.09. The summed E-state index contributed by atoms with van der Waals surface area (Å²) < 4.78 is 10.2. The third-order valence-corrected chi connectivity index (χ3v) is 6.54. The van der Waals surface area contributed by atoms with Crippen molar-refractivity contribution >= 4 is 36.1 Å². The number of rotatable bonds is 12. The second-order valence-corrected chi connectivity index (χ2v) is 12.1. The average Bonchev–Trinajstić information content (AvgIpc) is 2.98. The van der Waals surface area contributed by atoms with Gasteiger partial charge in [-0.3, -0.25) is 4.79 Å². The van der Waals surface area contributed by atoms with E-state index in [0.717, 1.165) is 27.8 Å². The number of carboxylic acids is 1. The molecule has 0 unspecified atom stereocenters. The van der Waals surface area contributed by atoms with E-state index in [-0.39, 0.29) is 18.0 Å². The van der Waals surface area contributed by atoms with Crippen LogP contribution in [0.1, 0.15) is 59.1 Å². The fourth-order valence-electron chi connectivity index (χ4n) is 4.53. The van der Waals surface area contributed by atoms with Crippen molar-refractivity contribution < 1.29 is 33.8 Å². The van der Waals surface area contributed by atoms with Crippen molar-refractivity contribution in [2.24, 2.45) is 5.92 Å². The largest absolute Gasteiger partial charge is 0.477 e. The Morgan fingerprint density at radius 1 is 0.848 bits per heavy atom. The van der Waals surface area contributed by atoms with Gasteiger partial charge in [0, 0.05) is 6.08 Å². The molecule has 3 aromatic carbocycles. The van der Waals surface area contributed by atoms with Gasteiger partial charge in [-0.05, 0) is 97.7 Å². The van der Waals surface area contributed by atoms with Gasteiger partial charge >= 0.3 is 18.0 Å². The minimum absolute atomic E-state index is 0.0446.